The molecule has 1 fully saturated rings. The van der Waals surface area contributed by atoms with Crippen LogP contribution in [-0.2, 0) is 9.53 Å². The van der Waals surface area contributed by atoms with Crippen LogP contribution in [-0.4, -0.2) is 50.2 Å². The van der Waals surface area contributed by atoms with Crippen molar-refractivity contribution in [3.8, 4) is 0 Å². The first-order valence-corrected chi connectivity index (χ1v) is 6.58. The van der Waals surface area contributed by atoms with E-state index in [0.29, 0.717) is 19.2 Å². The first kappa shape index (κ1) is 14.9. The molecule has 1 heterocycles. The zero-order chi connectivity index (χ0) is 13.2. The van der Waals surface area contributed by atoms with Gasteiger partial charge >= 0.3 is 0 Å². The Morgan fingerprint density at radius 3 is 2.94 bits per heavy atom. The molecule has 1 aliphatic rings. The van der Waals surface area contributed by atoms with Crippen LogP contribution in [0.4, 0.5) is 0 Å². The number of allylic oxidation sites excluding steroid dienone is 3. The highest BCUT2D eigenvalue weighted by Gasteiger charge is 2.19. The van der Waals surface area contributed by atoms with Crippen LogP contribution in [0.3, 0.4) is 0 Å². The van der Waals surface area contributed by atoms with Crippen LogP contribution < -0.4 is 5.32 Å². The van der Waals surface area contributed by atoms with Gasteiger partial charge in [-0.25, -0.2) is 0 Å². The van der Waals surface area contributed by atoms with Crippen molar-refractivity contribution in [2.45, 2.75) is 25.8 Å². The highest BCUT2D eigenvalue weighted by molar-refractivity contribution is 5.87. The van der Waals surface area contributed by atoms with Gasteiger partial charge in [-0.2, -0.15) is 0 Å². The van der Waals surface area contributed by atoms with Crippen molar-refractivity contribution in [3.63, 3.8) is 0 Å². The molecular formula is C14H24N2O2. The Balaban J connectivity index is 2.49. The Morgan fingerprint density at radius 1 is 1.50 bits per heavy atom. The van der Waals surface area contributed by atoms with Crippen molar-refractivity contribution in [2.75, 3.05) is 33.4 Å². The zero-order valence-electron chi connectivity index (χ0n) is 11.4. The molecule has 1 aliphatic heterocycles. The topological polar surface area (TPSA) is 41.6 Å². The minimum atomic E-state index is 0.0545. The van der Waals surface area contributed by atoms with Gasteiger partial charge in [0.05, 0.1) is 6.61 Å². The van der Waals surface area contributed by atoms with E-state index >= 15 is 0 Å². The Hall–Kier alpha value is -1.13. The van der Waals surface area contributed by atoms with E-state index in [1.54, 1.807) is 19.3 Å². The first-order valence-electron chi connectivity index (χ1n) is 6.58. The Bertz CT molecular complexity index is 294. The van der Waals surface area contributed by atoms with Crippen LogP contribution in [0.25, 0.3) is 0 Å². The molecule has 1 unspecified atom stereocenters. The van der Waals surface area contributed by atoms with E-state index in [0.717, 1.165) is 19.5 Å². The van der Waals surface area contributed by atoms with Crippen molar-refractivity contribution in [2.24, 2.45) is 0 Å². The molecule has 0 bridgehead atoms. The van der Waals surface area contributed by atoms with Crippen LogP contribution in [0.2, 0.25) is 0 Å². The van der Waals surface area contributed by atoms with Gasteiger partial charge in [-0.15, -0.1) is 0 Å². The number of carbonyl (C=O) groups excluding carboxylic acids is 1. The third-order valence-corrected chi connectivity index (χ3v) is 3.02. The van der Waals surface area contributed by atoms with E-state index in [4.69, 9.17) is 4.74 Å². The second-order valence-corrected chi connectivity index (χ2v) is 4.46. The standard InChI is InChI=1S/C14H24N2O2/c1-3-4-5-8-14(17)16(10-11-18-2)12-13-7-6-9-15-13/h3-5,8,13,15H,6-7,9-12H2,1-2H3/b4-3?,8-5+. The Kier molecular flexibility index (Phi) is 7.37. The molecule has 0 aliphatic carbocycles. The van der Waals surface area contributed by atoms with Crippen LogP contribution in [0.15, 0.2) is 24.3 Å². The normalized spacial score (nSPS) is 20.0. The minimum absolute atomic E-state index is 0.0545. The van der Waals surface area contributed by atoms with E-state index in [1.165, 1.54) is 6.42 Å². The van der Waals surface area contributed by atoms with E-state index in [9.17, 15) is 4.79 Å². The van der Waals surface area contributed by atoms with Gasteiger partial charge in [0.15, 0.2) is 0 Å². The second kappa shape index (κ2) is 8.89. The summed E-state index contributed by atoms with van der Waals surface area (Å²) in [5, 5.41) is 3.41. The summed E-state index contributed by atoms with van der Waals surface area (Å²) in [4.78, 5) is 13.9. The summed E-state index contributed by atoms with van der Waals surface area (Å²) < 4.78 is 5.06. The van der Waals surface area contributed by atoms with Gasteiger partial charge in [0.25, 0.3) is 0 Å². The molecule has 1 amide bonds. The molecule has 0 aromatic heterocycles. The number of hydrogen-bond acceptors (Lipinski definition) is 3. The number of hydrogen-bond donors (Lipinski definition) is 1. The maximum Gasteiger partial charge on any atom is 0.246 e. The van der Waals surface area contributed by atoms with Gasteiger partial charge in [0, 0.05) is 32.3 Å². The summed E-state index contributed by atoms with van der Waals surface area (Å²) in [5.74, 6) is 0.0545. The second-order valence-electron chi connectivity index (χ2n) is 4.46. The average molecular weight is 252 g/mol. The van der Waals surface area contributed by atoms with Gasteiger partial charge in [0.1, 0.15) is 0 Å². The molecule has 102 valence electrons. The average Bonchev–Trinajstić information content (AvgIpc) is 2.87. The van der Waals surface area contributed by atoms with Gasteiger partial charge < -0.3 is 15.0 Å². The number of ether oxygens (including phenoxy) is 1. The van der Waals surface area contributed by atoms with Crippen molar-refractivity contribution < 1.29 is 9.53 Å². The predicted octanol–water partition coefficient (Wildman–Crippen LogP) is 1.35. The largest absolute Gasteiger partial charge is 0.383 e. The summed E-state index contributed by atoms with van der Waals surface area (Å²) in [6.45, 7) is 4.98. The number of rotatable bonds is 7. The molecule has 0 saturated carbocycles. The third-order valence-electron chi connectivity index (χ3n) is 3.02. The molecule has 1 atom stereocenters. The summed E-state index contributed by atoms with van der Waals surface area (Å²) in [5.41, 5.74) is 0. The summed E-state index contributed by atoms with van der Waals surface area (Å²) in [6.07, 6.45) is 9.51. The number of amides is 1. The van der Waals surface area contributed by atoms with E-state index < -0.39 is 0 Å². The summed E-state index contributed by atoms with van der Waals surface area (Å²) in [7, 11) is 1.66. The first-order chi connectivity index (χ1) is 8.77. The molecule has 0 aromatic rings. The molecule has 0 spiro atoms. The number of nitrogens with zero attached hydrogens (tertiary/aromatic N) is 1. The minimum Gasteiger partial charge on any atom is -0.383 e. The molecule has 1 N–H and O–H groups in total. The Labute approximate surface area is 110 Å². The van der Waals surface area contributed by atoms with Gasteiger partial charge in [0.2, 0.25) is 5.91 Å². The van der Waals surface area contributed by atoms with Gasteiger partial charge in [-0.05, 0) is 26.3 Å². The number of nitrogens with one attached hydrogen (secondary N) is 1. The molecule has 1 rings (SSSR count). The lowest BCUT2D eigenvalue weighted by atomic mass is 10.2. The van der Waals surface area contributed by atoms with Crippen LogP contribution in [0, 0.1) is 0 Å². The predicted molar refractivity (Wildman–Crippen MR) is 73.4 cm³/mol. The summed E-state index contributed by atoms with van der Waals surface area (Å²) >= 11 is 0. The van der Waals surface area contributed by atoms with Crippen LogP contribution in [0.1, 0.15) is 19.8 Å². The van der Waals surface area contributed by atoms with E-state index in [2.05, 4.69) is 5.32 Å². The fourth-order valence-electron chi connectivity index (χ4n) is 2.03. The van der Waals surface area contributed by atoms with E-state index in [-0.39, 0.29) is 5.91 Å². The fraction of sp³-hybridized carbons (Fsp3) is 0.643. The molecular weight excluding hydrogens is 228 g/mol. The zero-order valence-corrected chi connectivity index (χ0v) is 11.4. The fourth-order valence-corrected chi connectivity index (χ4v) is 2.03. The monoisotopic (exact) mass is 252 g/mol. The Morgan fingerprint density at radius 2 is 2.33 bits per heavy atom. The van der Waals surface area contributed by atoms with Crippen molar-refractivity contribution >= 4 is 5.91 Å². The molecule has 0 aromatic carbocycles. The van der Waals surface area contributed by atoms with Crippen molar-refractivity contribution in [1.82, 2.24) is 10.2 Å². The third kappa shape index (κ3) is 5.47. The quantitative estimate of drug-likeness (QED) is 0.549. The highest BCUT2D eigenvalue weighted by Crippen LogP contribution is 2.07. The molecule has 18 heavy (non-hydrogen) atoms. The lowest BCUT2D eigenvalue weighted by Crippen LogP contribution is -2.42. The number of methoxy groups -OCH3 is 1. The summed E-state index contributed by atoms with van der Waals surface area (Å²) in [6, 6.07) is 0.431. The lowest BCUT2D eigenvalue weighted by molar-refractivity contribution is -0.127. The highest BCUT2D eigenvalue weighted by atomic mass is 16.5. The van der Waals surface area contributed by atoms with Gasteiger partial charge in [-0.3, -0.25) is 4.79 Å². The SMILES string of the molecule is CC=C/C=C/C(=O)N(CCOC)CC1CCCN1. The maximum atomic E-state index is 12.0. The van der Waals surface area contributed by atoms with Crippen LogP contribution in [0.5, 0.6) is 0 Å². The maximum absolute atomic E-state index is 12.0. The van der Waals surface area contributed by atoms with Crippen molar-refractivity contribution in [1.29, 1.82) is 0 Å². The molecule has 1 saturated heterocycles. The van der Waals surface area contributed by atoms with Crippen molar-refractivity contribution in [3.05, 3.63) is 24.3 Å². The van der Waals surface area contributed by atoms with Crippen LogP contribution >= 0.6 is 0 Å². The lowest BCUT2D eigenvalue weighted by Gasteiger charge is -2.24. The molecule has 4 heteroatoms. The van der Waals surface area contributed by atoms with Gasteiger partial charge in [-0.1, -0.05) is 18.2 Å². The van der Waals surface area contributed by atoms with E-state index in [1.807, 2.05) is 24.0 Å². The number of carbonyl (C=O) groups is 1. The molecule has 0 radical (unpaired) electrons. The molecule has 4 nitrogen and oxygen atoms in total. The smallest absolute Gasteiger partial charge is 0.246 e.